The Kier molecular flexibility index (Phi) is 6.03. The van der Waals surface area contributed by atoms with E-state index in [1.165, 1.54) is 0 Å². The highest BCUT2D eigenvalue weighted by molar-refractivity contribution is 5.91. The molecule has 4 heteroatoms. The van der Waals surface area contributed by atoms with E-state index in [4.69, 9.17) is 4.74 Å². The average Bonchev–Trinajstić information content (AvgIpc) is 2.56. The van der Waals surface area contributed by atoms with Crippen molar-refractivity contribution in [1.29, 1.82) is 0 Å². The lowest BCUT2D eigenvalue weighted by Crippen LogP contribution is -2.40. The number of urea groups is 1. The zero-order valence-corrected chi connectivity index (χ0v) is 14.0. The molecule has 0 saturated carbocycles. The molecule has 0 aliphatic rings. The van der Waals surface area contributed by atoms with Crippen LogP contribution in [0.1, 0.15) is 18.1 Å². The Balaban J connectivity index is 1.92. The molecule has 0 heterocycles. The van der Waals surface area contributed by atoms with Crippen LogP contribution in [0.4, 0.5) is 10.5 Å². The summed E-state index contributed by atoms with van der Waals surface area (Å²) in [5, 5.41) is 2.98. The summed E-state index contributed by atoms with van der Waals surface area (Å²) in [6, 6.07) is 15.8. The highest BCUT2D eigenvalue weighted by Gasteiger charge is 2.13. The number of benzene rings is 2. The van der Waals surface area contributed by atoms with Gasteiger partial charge in [0.05, 0.1) is 7.11 Å². The average molecular weight is 312 g/mol. The lowest BCUT2D eigenvalue weighted by molar-refractivity contribution is 0.246. The summed E-state index contributed by atoms with van der Waals surface area (Å²) in [6.45, 7) is 5.23. The summed E-state index contributed by atoms with van der Waals surface area (Å²) in [5.74, 6) is 0.837. The third-order valence-corrected chi connectivity index (χ3v) is 3.70. The van der Waals surface area contributed by atoms with Crippen molar-refractivity contribution < 1.29 is 9.53 Å². The van der Waals surface area contributed by atoms with Crippen molar-refractivity contribution in [1.82, 2.24) is 5.32 Å². The first-order chi connectivity index (χ1) is 11.1. The molecule has 2 amide bonds. The van der Waals surface area contributed by atoms with Gasteiger partial charge in [-0.3, -0.25) is 4.90 Å². The van der Waals surface area contributed by atoms with Crippen LogP contribution in [0.5, 0.6) is 5.75 Å². The molecule has 0 radical (unpaired) electrons. The van der Waals surface area contributed by atoms with Gasteiger partial charge in [-0.1, -0.05) is 24.3 Å². The SMILES string of the molecule is CCN(C(=O)NCCc1cccc(OC)c1)c1cccc(C)c1. The van der Waals surface area contributed by atoms with E-state index in [0.29, 0.717) is 13.1 Å². The summed E-state index contributed by atoms with van der Waals surface area (Å²) < 4.78 is 5.21. The number of hydrogen-bond acceptors (Lipinski definition) is 2. The van der Waals surface area contributed by atoms with Crippen molar-refractivity contribution in [2.45, 2.75) is 20.3 Å². The van der Waals surface area contributed by atoms with Crippen LogP contribution in [0.3, 0.4) is 0 Å². The van der Waals surface area contributed by atoms with Crippen LogP contribution in [-0.2, 0) is 6.42 Å². The number of nitrogens with one attached hydrogen (secondary N) is 1. The zero-order valence-electron chi connectivity index (χ0n) is 14.0. The molecule has 2 rings (SSSR count). The van der Waals surface area contributed by atoms with Crippen molar-refractivity contribution >= 4 is 11.7 Å². The van der Waals surface area contributed by atoms with E-state index in [-0.39, 0.29) is 6.03 Å². The lowest BCUT2D eigenvalue weighted by atomic mass is 10.1. The van der Waals surface area contributed by atoms with E-state index < -0.39 is 0 Å². The number of methoxy groups -OCH3 is 1. The van der Waals surface area contributed by atoms with Gasteiger partial charge in [-0.25, -0.2) is 4.79 Å². The summed E-state index contributed by atoms with van der Waals surface area (Å²) in [7, 11) is 1.65. The van der Waals surface area contributed by atoms with E-state index in [0.717, 1.165) is 29.0 Å². The molecule has 0 spiro atoms. The fourth-order valence-corrected chi connectivity index (χ4v) is 2.48. The summed E-state index contributed by atoms with van der Waals surface area (Å²) in [6.07, 6.45) is 0.772. The van der Waals surface area contributed by atoms with Crippen LogP contribution >= 0.6 is 0 Å². The van der Waals surface area contributed by atoms with Crippen LogP contribution in [-0.4, -0.2) is 26.2 Å². The van der Waals surface area contributed by atoms with Gasteiger partial charge < -0.3 is 10.1 Å². The van der Waals surface area contributed by atoms with Gasteiger partial charge in [-0.15, -0.1) is 0 Å². The number of rotatable bonds is 6. The quantitative estimate of drug-likeness (QED) is 0.882. The molecular weight excluding hydrogens is 288 g/mol. The van der Waals surface area contributed by atoms with E-state index in [1.54, 1.807) is 12.0 Å². The van der Waals surface area contributed by atoms with Gasteiger partial charge in [0.1, 0.15) is 5.75 Å². The molecule has 0 saturated heterocycles. The molecule has 0 aromatic heterocycles. The molecule has 4 nitrogen and oxygen atoms in total. The maximum absolute atomic E-state index is 12.4. The van der Waals surface area contributed by atoms with Crippen LogP contribution in [0.15, 0.2) is 48.5 Å². The topological polar surface area (TPSA) is 41.6 Å². The van der Waals surface area contributed by atoms with Crippen molar-refractivity contribution in [2.75, 3.05) is 25.1 Å². The minimum Gasteiger partial charge on any atom is -0.497 e. The third kappa shape index (κ3) is 4.74. The van der Waals surface area contributed by atoms with Crippen LogP contribution in [0.25, 0.3) is 0 Å². The van der Waals surface area contributed by atoms with Gasteiger partial charge in [0.2, 0.25) is 0 Å². The molecule has 0 aliphatic heterocycles. The standard InChI is InChI=1S/C19H24N2O2/c1-4-21(17-9-5-7-15(2)13-17)19(22)20-12-11-16-8-6-10-18(14-16)23-3/h5-10,13-14H,4,11-12H2,1-3H3,(H,20,22). The van der Waals surface area contributed by atoms with E-state index in [9.17, 15) is 4.79 Å². The van der Waals surface area contributed by atoms with E-state index in [2.05, 4.69) is 5.32 Å². The van der Waals surface area contributed by atoms with Gasteiger partial charge in [0.15, 0.2) is 0 Å². The first kappa shape index (κ1) is 16.9. The van der Waals surface area contributed by atoms with Gasteiger partial charge in [-0.2, -0.15) is 0 Å². The molecule has 0 fully saturated rings. The number of aryl methyl sites for hydroxylation is 1. The molecular formula is C19H24N2O2. The number of ether oxygens (including phenoxy) is 1. The first-order valence-corrected chi connectivity index (χ1v) is 7.89. The summed E-state index contributed by atoms with van der Waals surface area (Å²) in [5.41, 5.74) is 3.21. The highest BCUT2D eigenvalue weighted by Crippen LogP contribution is 2.16. The number of carbonyl (C=O) groups excluding carboxylic acids is 1. The Morgan fingerprint density at radius 3 is 2.65 bits per heavy atom. The summed E-state index contributed by atoms with van der Waals surface area (Å²) in [4.78, 5) is 14.1. The molecule has 122 valence electrons. The molecule has 0 atom stereocenters. The van der Waals surface area contributed by atoms with Crippen LogP contribution in [0.2, 0.25) is 0 Å². The van der Waals surface area contributed by atoms with Crippen molar-refractivity contribution in [2.24, 2.45) is 0 Å². The predicted octanol–water partition coefficient (Wildman–Crippen LogP) is 3.78. The predicted molar refractivity (Wildman–Crippen MR) is 94.3 cm³/mol. The minimum atomic E-state index is -0.0685. The molecule has 2 aromatic carbocycles. The number of hydrogen-bond donors (Lipinski definition) is 1. The highest BCUT2D eigenvalue weighted by atomic mass is 16.5. The Hall–Kier alpha value is -2.49. The van der Waals surface area contributed by atoms with E-state index in [1.807, 2.05) is 62.4 Å². The molecule has 0 bridgehead atoms. The van der Waals surface area contributed by atoms with Crippen LogP contribution < -0.4 is 15.0 Å². The Bertz CT molecular complexity index is 655. The monoisotopic (exact) mass is 312 g/mol. The second-order valence-electron chi connectivity index (χ2n) is 5.42. The van der Waals surface area contributed by atoms with Gasteiger partial charge in [0, 0.05) is 18.8 Å². The smallest absolute Gasteiger partial charge is 0.321 e. The number of carbonyl (C=O) groups is 1. The van der Waals surface area contributed by atoms with Crippen molar-refractivity contribution in [3.05, 3.63) is 59.7 Å². The zero-order chi connectivity index (χ0) is 16.7. The fraction of sp³-hybridized carbons (Fsp3) is 0.316. The second kappa shape index (κ2) is 8.22. The van der Waals surface area contributed by atoms with Gasteiger partial charge >= 0.3 is 6.03 Å². The molecule has 0 aliphatic carbocycles. The second-order valence-corrected chi connectivity index (χ2v) is 5.42. The molecule has 1 N–H and O–H groups in total. The number of nitrogens with zero attached hydrogens (tertiary/aromatic N) is 1. The normalized spacial score (nSPS) is 10.2. The van der Waals surface area contributed by atoms with E-state index >= 15 is 0 Å². The number of anilines is 1. The van der Waals surface area contributed by atoms with Crippen molar-refractivity contribution in [3.63, 3.8) is 0 Å². The minimum absolute atomic E-state index is 0.0685. The maximum Gasteiger partial charge on any atom is 0.321 e. The maximum atomic E-state index is 12.4. The van der Waals surface area contributed by atoms with Crippen molar-refractivity contribution in [3.8, 4) is 5.75 Å². The third-order valence-electron chi connectivity index (χ3n) is 3.70. The largest absolute Gasteiger partial charge is 0.497 e. The molecule has 0 unspecified atom stereocenters. The van der Waals surface area contributed by atoms with Gasteiger partial charge in [0.25, 0.3) is 0 Å². The Morgan fingerprint density at radius 2 is 1.96 bits per heavy atom. The molecule has 23 heavy (non-hydrogen) atoms. The number of amides is 2. The summed E-state index contributed by atoms with van der Waals surface area (Å²) >= 11 is 0. The fourth-order valence-electron chi connectivity index (χ4n) is 2.48. The van der Waals surface area contributed by atoms with Crippen LogP contribution in [0, 0.1) is 6.92 Å². The van der Waals surface area contributed by atoms with Gasteiger partial charge in [-0.05, 0) is 55.7 Å². The Labute approximate surface area is 138 Å². The first-order valence-electron chi connectivity index (χ1n) is 7.89. The Morgan fingerprint density at radius 1 is 1.17 bits per heavy atom. The lowest BCUT2D eigenvalue weighted by Gasteiger charge is -2.22. The molecule has 2 aromatic rings.